The maximum absolute atomic E-state index is 12.1. The molecular formula is C11H16N4O2S2. The molecule has 0 aliphatic carbocycles. The van der Waals surface area contributed by atoms with E-state index in [0.717, 1.165) is 10.6 Å². The third kappa shape index (κ3) is 3.41. The van der Waals surface area contributed by atoms with E-state index in [4.69, 9.17) is 0 Å². The Bertz CT molecular complexity index is 645. The standard InChI is InChI=1S/C11H16N4O2S2/c1-12-7-10-5-11(8-18-10)19(16,17)14-6-9-3-4-13-15(9)2/h3-5,8,12,14H,6-7H2,1-2H3. The van der Waals surface area contributed by atoms with Crippen molar-refractivity contribution in [2.24, 2.45) is 7.05 Å². The summed E-state index contributed by atoms with van der Waals surface area (Å²) >= 11 is 1.43. The van der Waals surface area contributed by atoms with Crippen molar-refractivity contribution >= 4 is 21.4 Å². The second-order valence-corrected chi connectivity index (χ2v) is 6.81. The summed E-state index contributed by atoms with van der Waals surface area (Å²) in [7, 11) is 0.146. The van der Waals surface area contributed by atoms with Gasteiger partial charge in [-0.3, -0.25) is 4.68 Å². The Labute approximate surface area is 116 Å². The average molecular weight is 300 g/mol. The number of nitrogens with zero attached hydrogens (tertiary/aromatic N) is 2. The quantitative estimate of drug-likeness (QED) is 0.822. The molecule has 0 aromatic carbocycles. The molecule has 0 saturated heterocycles. The van der Waals surface area contributed by atoms with Gasteiger partial charge in [0, 0.05) is 30.0 Å². The molecule has 0 aliphatic rings. The van der Waals surface area contributed by atoms with Crippen LogP contribution in [0.5, 0.6) is 0 Å². The van der Waals surface area contributed by atoms with E-state index in [2.05, 4.69) is 15.1 Å². The number of rotatable bonds is 6. The van der Waals surface area contributed by atoms with Crippen molar-refractivity contribution in [2.75, 3.05) is 7.05 Å². The minimum atomic E-state index is -3.46. The number of thiophene rings is 1. The molecule has 2 aromatic heterocycles. The van der Waals surface area contributed by atoms with E-state index < -0.39 is 10.0 Å². The Balaban J connectivity index is 2.07. The molecule has 0 bridgehead atoms. The Morgan fingerprint density at radius 2 is 2.21 bits per heavy atom. The Kier molecular flexibility index (Phi) is 4.35. The minimum Gasteiger partial charge on any atom is -0.315 e. The lowest BCUT2D eigenvalue weighted by molar-refractivity contribution is 0.577. The number of hydrogen-bond donors (Lipinski definition) is 2. The monoisotopic (exact) mass is 300 g/mol. The average Bonchev–Trinajstić information content (AvgIpc) is 2.97. The molecule has 0 amide bonds. The van der Waals surface area contributed by atoms with Gasteiger partial charge in [-0.25, -0.2) is 13.1 Å². The second-order valence-electron chi connectivity index (χ2n) is 4.05. The van der Waals surface area contributed by atoms with Crippen LogP contribution in [0.1, 0.15) is 10.6 Å². The fourth-order valence-electron chi connectivity index (χ4n) is 1.60. The molecule has 19 heavy (non-hydrogen) atoms. The molecule has 2 aromatic rings. The predicted molar refractivity (Wildman–Crippen MR) is 74.3 cm³/mol. The van der Waals surface area contributed by atoms with Crippen molar-refractivity contribution in [3.63, 3.8) is 0 Å². The van der Waals surface area contributed by atoms with Crippen LogP contribution in [0, 0.1) is 0 Å². The highest BCUT2D eigenvalue weighted by atomic mass is 32.2. The van der Waals surface area contributed by atoms with E-state index in [1.165, 1.54) is 11.3 Å². The molecule has 0 aliphatic heterocycles. The first-order valence-corrected chi connectivity index (χ1v) is 8.08. The summed E-state index contributed by atoms with van der Waals surface area (Å²) < 4.78 is 28.4. The van der Waals surface area contributed by atoms with E-state index in [1.54, 1.807) is 35.4 Å². The van der Waals surface area contributed by atoms with Gasteiger partial charge in [0.15, 0.2) is 0 Å². The Hall–Kier alpha value is -1.22. The van der Waals surface area contributed by atoms with Crippen LogP contribution in [0.25, 0.3) is 0 Å². The van der Waals surface area contributed by atoms with E-state index >= 15 is 0 Å². The van der Waals surface area contributed by atoms with Gasteiger partial charge in [-0.05, 0) is 19.2 Å². The summed E-state index contributed by atoms with van der Waals surface area (Å²) in [4.78, 5) is 1.30. The smallest absolute Gasteiger partial charge is 0.241 e. The summed E-state index contributed by atoms with van der Waals surface area (Å²) in [5, 5.41) is 8.64. The van der Waals surface area contributed by atoms with E-state index in [1.807, 2.05) is 7.05 Å². The number of hydrogen-bond acceptors (Lipinski definition) is 5. The van der Waals surface area contributed by atoms with Crippen LogP contribution in [0.2, 0.25) is 0 Å². The van der Waals surface area contributed by atoms with Crippen LogP contribution in [-0.4, -0.2) is 25.2 Å². The van der Waals surface area contributed by atoms with Gasteiger partial charge >= 0.3 is 0 Å². The normalized spacial score (nSPS) is 11.9. The van der Waals surface area contributed by atoms with Gasteiger partial charge in [0.25, 0.3) is 0 Å². The molecule has 104 valence electrons. The van der Waals surface area contributed by atoms with Crippen LogP contribution in [0.3, 0.4) is 0 Å². The van der Waals surface area contributed by atoms with Crippen molar-refractivity contribution in [2.45, 2.75) is 18.0 Å². The number of sulfonamides is 1. The fourth-order valence-corrected chi connectivity index (χ4v) is 3.88. The highest BCUT2D eigenvalue weighted by Gasteiger charge is 2.16. The van der Waals surface area contributed by atoms with Crippen molar-refractivity contribution in [1.29, 1.82) is 0 Å². The van der Waals surface area contributed by atoms with Crippen LogP contribution in [0.15, 0.2) is 28.6 Å². The molecule has 0 unspecified atom stereocenters. The zero-order valence-electron chi connectivity index (χ0n) is 10.8. The molecule has 0 radical (unpaired) electrons. The SMILES string of the molecule is CNCc1cc(S(=O)(=O)NCc2ccnn2C)cs1. The number of nitrogens with one attached hydrogen (secondary N) is 2. The molecular weight excluding hydrogens is 284 g/mol. The van der Waals surface area contributed by atoms with Crippen molar-refractivity contribution < 1.29 is 8.42 Å². The highest BCUT2D eigenvalue weighted by molar-refractivity contribution is 7.89. The molecule has 2 N–H and O–H groups in total. The summed E-state index contributed by atoms with van der Waals surface area (Å²) in [6, 6.07) is 3.47. The molecule has 0 atom stereocenters. The van der Waals surface area contributed by atoms with Crippen LogP contribution >= 0.6 is 11.3 Å². The van der Waals surface area contributed by atoms with Gasteiger partial charge in [0.1, 0.15) is 0 Å². The molecule has 6 nitrogen and oxygen atoms in total. The maximum atomic E-state index is 12.1. The van der Waals surface area contributed by atoms with Gasteiger partial charge < -0.3 is 5.32 Å². The van der Waals surface area contributed by atoms with E-state index in [9.17, 15) is 8.42 Å². The first-order valence-electron chi connectivity index (χ1n) is 5.71. The second kappa shape index (κ2) is 5.83. The lowest BCUT2D eigenvalue weighted by atomic mass is 10.4. The van der Waals surface area contributed by atoms with Crippen molar-refractivity contribution in [3.05, 3.63) is 34.3 Å². The Morgan fingerprint density at radius 1 is 1.42 bits per heavy atom. The van der Waals surface area contributed by atoms with Gasteiger partial charge in [0.05, 0.1) is 17.1 Å². The van der Waals surface area contributed by atoms with Crippen LogP contribution < -0.4 is 10.0 Å². The molecule has 2 heterocycles. The van der Waals surface area contributed by atoms with Crippen molar-refractivity contribution in [3.8, 4) is 0 Å². The largest absolute Gasteiger partial charge is 0.315 e. The van der Waals surface area contributed by atoms with E-state index in [-0.39, 0.29) is 6.54 Å². The molecule has 2 rings (SSSR count). The lowest BCUT2D eigenvalue weighted by Gasteiger charge is -2.05. The van der Waals surface area contributed by atoms with Gasteiger partial charge in [-0.1, -0.05) is 0 Å². The maximum Gasteiger partial charge on any atom is 0.241 e. The number of aryl methyl sites for hydroxylation is 1. The molecule has 0 fully saturated rings. The first kappa shape index (κ1) is 14.2. The summed E-state index contributed by atoms with van der Waals surface area (Å²) in [6.45, 7) is 0.901. The minimum absolute atomic E-state index is 0.232. The zero-order chi connectivity index (χ0) is 13.9. The lowest BCUT2D eigenvalue weighted by Crippen LogP contribution is -2.24. The highest BCUT2D eigenvalue weighted by Crippen LogP contribution is 2.19. The number of aromatic nitrogens is 2. The summed E-state index contributed by atoms with van der Waals surface area (Å²) in [5.41, 5.74) is 0.814. The van der Waals surface area contributed by atoms with Gasteiger partial charge in [-0.15, -0.1) is 11.3 Å². The Morgan fingerprint density at radius 3 is 2.84 bits per heavy atom. The third-order valence-electron chi connectivity index (χ3n) is 2.66. The van der Waals surface area contributed by atoms with Crippen molar-refractivity contribution in [1.82, 2.24) is 19.8 Å². The van der Waals surface area contributed by atoms with Crippen LogP contribution in [-0.2, 0) is 30.2 Å². The van der Waals surface area contributed by atoms with Gasteiger partial charge in [0.2, 0.25) is 10.0 Å². The zero-order valence-corrected chi connectivity index (χ0v) is 12.4. The molecule has 0 spiro atoms. The summed E-state index contributed by atoms with van der Waals surface area (Å²) in [6.07, 6.45) is 1.64. The van der Waals surface area contributed by atoms with Gasteiger partial charge in [-0.2, -0.15) is 5.10 Å². The topological polar surface area (TPSA) is 76.0 Å². The van der Waals surface area contributed by atoms with Crippen LogP contribution in [0.4, 0.5) is 0 Å². The predicted octanol–water partition coefficient (Wildman–Crippen LogP) is 0.679. The fraction of sp³-hybridized carbons (Fsp3) is 0.364. The third-order valence-corrected chi connectivity index (χ3v) is 5.12. The van der Waals surface area contributed by atoms with E-state index in [0.29, 0.717) is 11.4 Å². The summed E-state index contributed by atoms with van der Waals surface area (Å²) in [5.74, 6) is 0. The molecule has 8 heteroatoms. The first-order chi connectivity index (χ1) is 9.03. The molecule has 0 saturated carbocycles.